The van der Waals surface area contributed by atoms with Gasteiger partial charge in [-0.25, -0.2) is 0 Å². The summed E-state index contributed by atoms with van der Waals surface area (Å²) >= 11 is 13.5. The molecule has 0 fully saturated rings. The fourth-order valence-electron chi connectivity index (χ4n) is 2.75. The van der Waals surface area contributed by atoms with Crippen LogP contribution >= 0.6 is 35.0 Å². The fourth-order valence-corrected chi connectivity index (χ4v) is 3.91. The van der Waals surface area contributed by atoms with Gasteiger partial charge in [0.1, 0.15) is 18.7 Å². The van der Waals surface area contributed by atoms with E-state index >= 15 is 0 Å². The largest absolute Gasteiger partial charge is 0.488 e. The van der Waals surface area contributed by atoms with Gasteiger partial charge < -0.3 is 4.74 Å². The summed E-state index contributed by atoms with van der Waals surface area (Å²) < 4.78 is 7.63. The summed E-state index contributed by atoms with van der Waals surface area (Å²) in [5.41, 5.74) is 3.00. The zero-order chi connectivity index (χ0) is 21.5. The number of para-hydroxylation sites is 1. The van der Waals surface area contributed by atoms with E-state index in [0.29, 0.717) is 16.8 Å². The van der Waals surface area contributed by atoms with Crippen LogP contribution in [0.4, 0.5) is 0 Å². The van der Waals surface area contributed by atoms with E-state index in [1.54, 1.807) is 29.0 Å². The van der Waals surface area contributed by atoms with E-state index in [1.807, 2.05) is 72.8 Å². The summed E-state index contributed by atoms with van der Waals surface area (Å²) in [6.07, 6.45) is 3.32. The van der Waals surface area contributed by atoms with Gasteiger partial charge >= 0.3 is 0 Å². The summed E-state index contributed by atoms with van der Waals surface area (Å²) in [6, 6.07) is 23.1. The first kappa shape index (κ1) is 21.4. The maximum atomic E-state index is 6.05. The lowest BCUT2D eigenvalue weighted by atomic mass is 10.2. The highest BCUT2D eigenvalue weighted by atomic mass is 35.5. The molecule has 0 saturated heterocycles. The van der Waals surface area contributed by atoms with E-state index < -0.39 is 0 Å². The molecule has 8 heteroatoms. The second-order valence-electron chi connectivity index (χ2n) is 6.57. The van der Waals surface area contributed by atoms with Gasteiger partial charge in [-0.1, -0.05) is 71.4 Å². The van der Waals surface area contributed by atoms with Crippen molar-refractivity contribution in [2.24, 2.45) is 5.10 Å². The van der Waals surface area contributed by atoms with Crippen molar-refractivity contribution in [1.82, 2.24) is 14.9 Å². The Morgan fingerprint density at radius 2 is 1.77 bits per heavy atom. The van der Waals surface area contributed by atoms with Crippen molar-refractivity contribution < 1.29 is 4.74 Å². The zero-order valence-corrected chi connectivity index (χ0v) is 18.7. The molecule has 0 aliphatic heterocycles. The predicted octanol–water partition coefficient (Wildman–Crippen LogP) is 6.34. The maximum absolute atomic E-state index is 6.05. The predicted molar refractivity (Wildman–Crippen MR) is 126 cm³/mol. The van der Waals surface area contributed by atoms with Crippen molar-refractivity contribution in [3.63, 3.8) is 0 Å². The van der Waals surface area contributed by atoms with Gasteiger partial charge in [-0.2, -0.15) is 9.78 Å². The van der Waals surface area contributed by atoms with Crippen molar-refractivity contribution in [3.05, 3.63) is 106 Å². The Hall–Kier alpha value is -2.80. The molecule has 0 aliphatic rings. The zero-order valence-electron chi connectivity index (χ0n) is 16.4. The minimum atomic E-state index is 0.417. The first-order valence-corrected chi connectivity index (χ1v) is 11.2. The van der Waals surface area contributed by atoms with Crippen LogP contribution in [0.5, 0.6) is 5.75 Å². The highest BCUT2D eigenvalue weighted by Gasteiger charge is 2.06. The van der Waals surface area contributed by atoms with Gasteiger partial charge in [0.05, 0.1) is 6.21 Å². The van der Waals surface area contributed by atoms with Gasteiger partial charge in [-0.05, 0) is 47.5 Å². The molecule has 1 heterocycles. The van der Waals surface area contributed by atoms with Crippen LogP contribution in [0.2, 0.25) is 10.0 Å². The van der Waals surface area contributed by atoms with Crippen molar-refractivity contribution in [2.75, 3.05) is 0 Å². The van der Waals surface area contributed by atoms with Crippen molar-refractivity contribution in [3.8, 4) is 5.75 Å². The third-order valence-electron chi connectivity index (χ3n) is 4.31. The second kappa shape index (κ2) is 10.5. The van der Waals surface area contributed by atoms with E-state index in [0.717, 1.165) is 33.2 Å². The van der Waals surface area contributed by atoms with Gasteiger partial charge in [0.25, 0.3) is 0 Å². The molecule has 0 bridgehead atoms. The molecule has 0 saturated carbocycles. The van der Waals surface area contributed by atoms with E-state index in [4.69, 9.17) is 27.9 Å². The van der Waals surface area contributed by atoms with Gasteiger partial charge in [-0.15, -0.1) is 10.2 Å². The van der Waals surface area contributed by atoms with Crippen LogP contribution in [0, 0.1) is 0 Å². The molecule has 5 nitrogen and oxygen atoms in total. The number of hydrogen-bond donors (Lipinski definition) is 0. The molecule has 0 N–H and O–H groups in total. The molecule has 0 amide bonds. The summed E-state index contributed by atoms with van der Waals surface area (Å²) in [7, 11) is 0. The normalized spacial score (nSPS) is 11.2. The lowest BCUT2D eigenvalue weighted by Gasteiger charge is -2.09. The van der Waals surface area contributed by atoms with E-state index in [9.17, 15) is 0 Å². The first-order valence-electron chi connectivity index (χ1n) is 9.45. The number of ether oxygens (including phenoxy) is 1. The van der Waals surface area contributed by atoms with Crippen molar-refractivity contribution in [1.29, 1.82) is 0 Å². The summed E-state index contributed by atoms with van der Waals surface area (Å²) in [4.78, 5) is 0. The fraction of sp³-hybridized carbons (Fsp3) is 0.0870. The Labute approximate surface area is 194 Å². The van der Waals surface area contributed by atoms with Crippen LogP contribution in [0.25, 0.3) is 0 Å². The first-order chi connectivity index (χ1) is 15.2. The standard InChI is InChI=1S/C23H18Cl2N4OS/c24-20-10-8-17(9-11-20)15-31-23-28-26-16-29(23)27-13-19-5-1-2-7-22(19)30-14-18-4-3-6-21(25)12-18/h1-13,16H,14-15H2/b27-13+. The van der Waals surface area contributed by atoms with E-state index in [2.05, 4.69) is 15.3 Å². The molecule has 4 rings (SSSR count). The molecule has 0 unspecified atom stereocenters. The van der Waals surface area contributed by atoms with Crippen LogP contribution in [-0.4, -0.2) is 21.1 Å². The molecule has 0 aliphatic carbocycles. The molecule has 31 heavy (non-hydrogen) atoms. The van der Waals surface area contributed by atoms with Gasteiger partial charge in [0.15, 0.2) is 0 Å². The topological polar surface area (TPSA) is 52.3 Å². The quantitative estimate of drug-likeness (QED) is 0.223. The lowest BCUT2D eigenvalue weighted by Crippen LogP contribution is -1.99. The van der Waals surface area contributed by atoms with Crippen LogP contribution < -0.4 is 4.74 Å². The van der Waals surface area contributed by atoms with Crippen molar-refractivity contribution >= 4 is 41.2 Å². The molecule has 0 spiro atoms. The summed E-state index contributed by atoms with van der Waals surface area (Å²) in [6.45, 7) is 0.417. The summed E-state index contributed by atoms with van der Waals surface area (Å²) in [5.74, 6) is 1.47. The molecule has 4 aromatic rings. The third kappa shape index (κ3) is 6.10. The van der Waals surface area contributed by atoms with Crippen molar-refractivity contribution in [2.45, 2.75) is 17.5 Å². The third-order valence-corrected chi connectivity index (χ3v) is 5.80. The van der Waals surface area contributed by atoms with E-state index in [-0.39, 0.29) is 0 Å². The Morgan fingerprint density at radius 3 is 2.61 bits per heavy atom. The van der Waals surface area contributed by atoms with Gasteiger partial charge in [0, 0.05) is 21.4 Å². The van der Waals surface area contributed by atoms with Crippen LogP contribution in [0.15, 0.2) is 89.4 Å². The van der Waals surface area contributed by atoms with Crippen LogP contribution in [0.3, 0.4) is 0 Å². The van der Waals surface area contributed by atoms with Gasteiger partial charge in [-0.3, -0.25) is 0 Å². The number of thioether (sulfide) groups is 1. The minimum absolute atomic E-state index is 0.417. The van der Waals surface area contributed by atoms with Crippen LogP contribution in [0.1, 0.15) is 16.7 Å². The molecule has 3 aromatic carbocycles. The Kier molecular flexibility index (Phi) is 7.25. The smallest absolute Gasteiger partial charge is 0.212 e. The summed E-state index contributed by atoms with van der Waals surface area (Å²) in [5, 5.41) is 14.8. The average molecular weight is 469 g/mol. The van der Waals surface area contributed by atoms with Crippen LogP contribution in [-0.2, 0) is 12.4 Å². The Bertz CT molecular complexity index is 1180. The van der Waals surface area contributed by atoms with E-state index in [1.165, 1.54) is 0 Å². The SMILES string of the molecule is Clc1ccc(CSc2nncn2/N=C/c2ccccc2OCc2cccc(Cl)c2)cc1. The highest BCUT2D eigenvalue weighted by molar-refractivity contribution is 7.98. The molecule has 0 radical (unpaired) electrons. The number of aromatic nitrogens is 3. The Morgan fingerprint density at radius 1 is 0.935 bits per heavy atom. The average Bonchev–Trinajstić information content (AvgIpc) is 3.24. The number of nitrogens with zero attached hydrogens (tertiary/aromatic N) is 4. The lowest BCUT2D eigenvalue weighted by molar-refractivity contribution is 0.306. The molecule has 1 aromatic heterocycles. The second-order valence-corrected chi connectivity index (χ2v) is 8.39. The molecule has 0 atom stereocenters. The molecular formula is C23H18Cl2N4OS. The molecular weight excluding hydrogens is 451 g/mol. The number of rotatable bonds is 8. The number of halogens is 2. The maximum Gasteiger partial charge on any atom is 0.212 e. The number of hydrogen-bond acceptors (Lipinski definition) is 5. The highest BCUT2D eigenvalue weighted by Crippen LogP contribution is 2.22. The number of benzene rings is 3. The minimum Gasteiger partial charge on any atom is -0.488 e. The monoisotopic (exact) mass is 468 g/mol. The molecule has 156 valence electrons. The van der Waals surface area contributed by atoms with Gasteiger partial charge in [0.2, 0.25) is 5.16 Å². The Balaban J connectivity index is 1.43.